The molecule has 2 aromatic carbocycles. The van der Waals surface area contributed by atoms with Gasteiger partial charge in [0.1, 0.15) is 6.04 Å². The van der Waals surface area contributed by atoms with Crippen molar-refractivity contribution in [3.63, 3.8) is 0 Å². The minimum Gasteiger partial charge on any atom is -0.324 e. The van der Waals surface area contributed by atoms with Crippen molar-refractivity contribution in [1.82, 2.24) is 4.90 Å². The minimum atomic E-state index is -0.210. The molecule has 3 nitrogen and oxygen atoms in total. The maximum absolute atomic E-state index is 13.1. The van der Waals surface area contributed by atoms with Gasteiger partial charge in [-0.2, -0.15) is 0 Å². The van der Waals surface area contributed by atoms with Gasteiger partial charge in [-0.25, -0.2) is 0 Å². The third-order valence-corrected chi connectivity index (χ3v) is 4.60. The Kier molecular flexibility index (Phi) is 6.41. The van der Waals surface area contributed by atoms with E-state index in [1.807, 2.05) is 62.4 Å². The lowest BCUT2D eigenvalue weighted by atomic mass is 10.0. The molecule has 0 saturated carbocycles. The molecule has 1 fully saturated rings. The third kappa shape index (κ3) is 3.97. The number of carbonyl (C=O) groups excluding carboxylic acids is 1. The van der Waals surface area contributed by atoms with E-state index < -0.39 is 0 Å². The van der Waals surface area contributed by atoms with E-state index in [4.69, 9.17) is 0 Å². The molecule has 1 unspecified atom stereocenters. The number of amides is 1. The summed E-state index contributed by atoms with van der Waals surface area (Å²) in [6.07, 6.45) is 2.33. The molecule has 1 aliphatic heterocycles. The average molecular weight is 345 g/mol. The fourth-order valence-electron chi connectivity index (χ4n) is 3.37. The summed E-state index contributed by atoms with van der Waals surface area (Å²) >= 11 is 0. The first-order valence-corrected chi connectivity index (χ1v) is 8.33. The van der Waals surface area contributed by atoms with Gasteiger partial charge in [0.2, 0.25) is 5.91 Å². The van der Waals surface area contributed by atoms with Gasteiger partial charge in [-0.3, -0.25) is 9.69 Å². The van der Waals surface area contributed by atoms with Gasteiger partial charge < -0.3 is 5.32 Å². The van der Waals surface area contributed by atoms with Crippen molar-refractivity contribution in [2.45, 2.75) is 32.7 Å². The number of aryl methyl sites for hydroxylation is 2. The zero-order valence-electron chi connectivity index (χ0n) is 14.3. The summed E-state index contributed by atoms with van der Waals surface area (Å²) in [5.74, 6) is 0.0653. The van der Waals surface area contributed by atoms with Crippen molar-refractivity contribution >= 4 is 24.0 Å². The Morgan fingerprint density at radius 1 is 0.958 bits per heavy atom. The molecule has 0 bridgehead atoms. The van der Waals surface area contributed by atoms with Crippen LogP contribution in [0.4, 0.5) is 5.69 Å². The van der Waals surface area contributed by atoms with E-state index in [-0.39, 0.29) is 24.4 Å². The van der Waals surface area contributed by atoms with Crippen LogP contribution in [-0.4, -0.2) is 23.9 Å². The van der Waals surface area contributed by atoms with Crippen LogP contribution < -0.4 is 5.32 Å². The molecule has 1 heterocycles. The molecule has 2 aromatic rings. The molecule has 0 aliphatic carbocycles. The Morgan fingerprint density at radius 3 is 2.12 bits per heavy atom. The summed E-state index contributed by atoms with van der Waals surface area (Å²) in [7, 11) is 0. The Balaban J connectivity index is 0.00000208. The van der Waals surface area contributed by atoms with Gasteiger partial charge in [-0.15, -0.1) is 12.4 Å². The summed E-state index contributed by atoms with van der Waals surface area (Å²) < 4.78 is 0. The maximum Gasteiger partial charge on any atom is 0.246 e. The molecule has 1 aliphatic rings. The summed E-state index contributed by atoms with van der Waals surface area (Å²) in [6.45, 7) is 6.05. The first-order chi connectivity index (χ1) is 11.2. The molecule has 128 valence electrons. The number of likely N-dealkylation sites (tertiary alicyclic amines) is 1. The molecule has 3 rings (SSSR count). The number of nitrogens with zero attached hydrogens (tertiary/aromatic N) is 1. The van der Waals surface area contributed by atoms with Gasteiger partial charge in [0.25, 0.3) is 0 Å². The number of nitrogens with one attached hydrogen (secondary N) is 1. The standard InChI is InChI=1S/C20H24N2O.ClH/c1-15-9-8-10-16(2)18(15)21-20(23)19(22-13-6-7-14-22)17-11-4-3-5-12-17;/h3-5,8-12,19H,6-7,13-14H2,1-2H3,(H,21,23);1H. The zero-order chi connectivity index (χ0) is 16.2. The quantitative estimate of drug-likeness (QED) is 0.885. The number of benzene rings is 2. The molecule has 1 saturated heterocycles. The molecule has 1 atom stereocenters. The lowest BCUT2D eigenvalue weighted by molar-refractivity contribution is -0.121. The largest absolute Gasteiger partial charge is 0.324 e. The average Bonchev–Trinajstić information content (AvgIpc) is 3.06. The second-order valence-electron chi connectivity index (χ2n) is 6.31. The molecule has 24 heavy (non-hydrogen) atoms. The van der Waals surface area contributed by atoms with Crippen molar-refractivity contribution in [2.24, 2.45) is 0 Å². The Morgan fingerprint density at radius 2 is 1.54 bits per heavy atom. The van der Waals surface area contributed by atoms with Crippen LogP contribution in [0.2, 0.25) is 0 Å². The lowest BCUT2D eigenvalue weighted by Gasteiger charge is -2.27. The Hall–Kier alpha value is -1.84. The molecule has 1 N–H and O–H groups in total. The molecule has 4 heteroatoms. The van der Waals surface area contributed by atoms with Crippen LogP contribution in [0.3, 0.4) is 0 Å². The summed E-state index contributed by atoms with van der Waals surface area (Å²) in [4.78, 5) is 15.3. The number of para-hydroxylation sites is 1. The smallest absolute Gasteiger partial charge is 0.246 e. The number of anilines is 1. The normalized spacial score (nSPS) is 15.6. The maximum atomic E-state index is 13.1. The van der Waals surface area contributed by atoms with Gasteiger partial charge in [-0.1, -0.05) is 48.5 Å². The highest BCUT2D eigenvalue weighted by molar-refractivity contribution is 5.96. The van der Waals surface area contributed by atoms with Crippen LogP contribution in [0.25, 0.3) is 0 Å². The predicted molar refractivity (Wildman–Crippen MR) is 102 cm³/mol. The summed E-state index contributed by atoms with van der Waals surface area (Å²) in [5.41, 5.74) is 4.22. The number of halogens is 1. The number of rotatable bonds is 4. The lowest BCUT2D eigenvalue weighted by Crippen LogP contribution is -2.35. The van der Waals surface area contributed by atoms with E-state index in [9.17, 15) is 4.79 Å². The first kappa shape index (κ1) is 18.5. The summed E-state index contributed by atoms with van der Waals surface area (Å²) in [6, 6.07) is 16.0. The van der Waals surface area contributed by atoms with E-state index in [1.165, 1.54) is 12.8 Å². The van der Waals surface area contributed by atoms with E-state index in [2.05, 4.69) is 10.2 Å². The SMILES string of the molecule is Cc1cccc(C)c1NC(=O)C(c1ccccc1)N1CCCC1.Cl. The molecule has 1 amide bonds. The Labute approximate surface area is 150 Å². The van der Waals surface area contributed by atoms with Crippen molar-refractivity contribution in [3.8, 4) is 0 Å². The van der Waals surface area contributed by atoms with Crippen molar-refractivity contribution in [3.05, 3.63) is 65.2 Å². The van der Waals surface area contributed by atoms with Gasteiger partial charge in [0.15, 0.2) is 0 Å². The molecule has 0 aromatic heterocycles. The summed E-state index contributed by atoms with van der Waals surface area (Å²) in [5, 5.41) is 3.17. The van der Waals surface area contributed by atoms with Crippen LogP contribution in [0.15, 0.2) is 48.5 Å². The third-order valence-electron chi connectivity index (χ3n) is 4.60. The van der Waals surface area contributed by atoms with Crippen LogP contribution in [0, 0.1) is 13.8 Å². The van der Waals surface area contributed by atoms with E-state index >= 15 is 0 Å². The van der Waals surface area contributed by atoms with Gasteiger partial charge in [0, 0.05) is 5.69 Å². The van der Waals surface area contributed by atoms with Crippen LogP contribution in [0.1, 0.15) is 35.6 Å². The van der Waals surface area contributed by atoms with Crippen LogP contribution >= 0.6 is 12.4 Å². The fourth-order valence-corrected chi connectivity index (χ4v) is 3.37. The highest BCUT2D eigenvalue weighted by atomic mass is 35.5. The molecule has 0 radical (unpaired) electrons. The van der Waals surface area contributed by atoms with Gasteiger partial charge >= 0.3 is 0 Å². The van der Waals surface area contributed by atoms with Crippen molar-refractivity contribution in [2.75, 3.05) is 18.4 Å². The molecular weight excluding hydrogens is 320 g/mol. The van der Waals surface area contributed by atoms with E-state index in [1.54, 1.807) is 0 Å². The molecular formula is C20H25ClN2O. The topological polar surface area (TPSA) is 32.3 Å². The second kappa shape index (κ2) is 8.32. The van der Waals surface area contributed by atoms with Gasteiger partial charge in [-0.05, 0) is 56.5 Å². The number of hydrogen-bond donors (Lipinski definition) is 1. The number of carbonyl (C=O) groups is 1. The number of hydrogen-bond acceptors (Lipinski definition) is 2. The first-order valence-electron chi connectivity index (χ1n) is 8.33. The van der Waals surface area contributed by atoms with E-state index in [0.29, 0.717) is 0 Å². The molecule has 0 spiro atoms. The van der Waals surface area contributed by atoms with Crippen LogP contribution in [-0.2, 0) is 4.79 Å². The fraction of sp³-hybridized carbons (Fsp3) is 0.350. The minimum absolute atomic E-state index is 0. The highest BCUT2D eigenvalue weighted by Crippen LogP contribution is 2.28. The zero-order valence-corrected chi connectivity index (χ0v) is 15.1. The monoisotopic (exact) mass is 344 g/mol. The van der Waals surface area contributed by atoms with Crippen LogP contribution in [0.5, 0.6) is 0 Å². The van der Waals surface area contributed by atoms with Gasteiger partial charge in [0.05, 0.1) is 0 Å². The van der Waals surface area contributed by atoms with E-state index in [0.717, 1.165) is 35.5 Å². The van der Waals surface area contributed by atoms with Crippen molar-refractivity contribution in [1.29, 1.82) is 0 Å². The van der Waals surface area contributed by atoms with Crippen molar-refractivity contribution < 1.29 is 4.79 Å². The second-order valence-corrected chi connectivity index (χ2v) is 6.31. The highest BCUT2D eigenvalue weighted by Gasteiger charge is 2.30. The Bertz CT molecular complexity index is 661. The predicted octanol–water partition coefficient (Wildman–Crippen LogP) is 4.50.